The number of aromatic nitrogens is 2. The van der Waals surface area contributed by atoms with E-state index in [1.807, 2.05) is 0 Å². The first kappa shape index (κ1) is 28.8. The van der Waals surface area contributed by atoms with Crippen LogP contribution in [0.2, 0.25) is 0 Å². The molecular formula is C23H30F3N7O5S. The van der Waals surface area contributed by atoms with Gasteiger partial charge in [0, 0.05) is 43.8 Å². The van der Waals surface area contributed by atoms with Gasteiger partial charge in [-0.3, -0.25) is 15.0 Å². The summed E-state index contributed by atoms with van der Waals surface area (Å²) in [6.45, 7) is 1.75. The molecule has 0 spiro atoms. The summed E-state index contributed by atoms with van der Waals surface area (Å²) >= 11 is 0. The number of rotatable bonds is 11. The van der Waals surface area contributed by atoms with Crippen molar-refractivity contribution in [1.29, 1.82) is 0 Å². The van der Waals surface area contributed by atoms with E-state index in [1.54, 1.807) is 6.07 Å². The monoisotopic (exact) mass is 573 g/mol. The average molecular weight is 574 g/mol. The second kappa shape index (κ2) is 11.9. The summed E-state index contributed by atoms with van der Waals surface area (Å²) in [6, 6.07) is 5.95. The molecule has 0 unspecified atom stereocenters. The molecule has 16 heteroatoms. The van der Waals surface area contributed by atoms with E-state index in [4.69, 9.17) is 0 Å². The molecule has 4 rings (SSSR count). The fourth-order valence-corrected chi connectivity index (χ4v) is 5.67. The molecule has 0 bridgehead atoms. The van der Waals surface area contributed by atoms with Crippen LogP contribution in [0.25, 0.3) is 0 Å². The van der Waals surface area contributed by atoms with E-state index in [-0.39, 0.29) is 47.3 Å². The van der Waals surface area contributed by atoms with Crippen LogP contribution in [0, 0.1) is 16.0 Å². The summed E-state index contributed by atoms with van der Waals surface area (Å²) in [5.41, 5.74) is -0.0938. The van der Waals surface area contributed by atoms with Crippen LogP contribution >= 0.6 is 0 Å². The summed E-state index contributed by atoms with van der Waals surface area (Å²) in [5.74, 6) is -0.0563. The lowest BCUT2D eigenvalue weighted by atomic mass is 9.84. The maximum Gasteiger partial charge on any atom is 0.573 e. The van der Waals surface area contributed by atoms with Gasteiger partial charge >= 0.3 is 12.0 Å². The zero-order valence-corrected chi connectivity index (χ0v) is 22.0. The Kier molecular flexibility index (Phi) is 8.76. The molecule has 1 aliphatic heterocycles. The first-order valence-corrected chi connectivity index (χ1v) is 14.3. The smallest absolute Gasteiger partial charge is 0.405 e. The second-order valence-electron chi connectivity index (χ2n) is 9.79. The van der Waals surface area contributed by atoms with E-state index < -0.39 is 21.3 Å². The summed E-state index contributed by atoms with van der Waals surface area (Å²) in [5, 5.41) is 17.4. The minimum absolute atomic E-state index is 0.0173. The van der Waals surface area contributed by atoms with Crippen LogP contribution in [0.3, 0.4) is 0 Å². The maximum atomic E-state index is 12.7. The predicted molar refractivity (Wildman–Crippen MR) is 137 cm³/mol. The van der Waals surface area contributed by atoms with Crippen molar-refractivity contribution in [3.63, 3.8) is 0 Å². The Balaban J connectivity index is 1.30. The predicted octanol–water partition coefficient (Wildman–Crippen LogP) is 3.10. The Morgan fingerprint density at radius 2 is 1.85 bits per heavy atom. The van der Waals surface area contributed by atoms with Crippen LogP contribution in [0.4, 0.5) is 30.6 Å². The summed E-state index contributed by atoms with van der Waals surface area (Å²) in [4.78, 5) is 21.3. The number of para-hydroxylation sites is 1. The zero-order valence-electron chi connectivity index (χ0n) is 21.1. The third kappa shape index (κ3) is 8.37. The van der Waals surface area contributed by atoms with Crippen molar-refractivity contribution < 1.29 is 31.2 Å². The Morgan fingerprint density at radius 3 is 2.49 bits per heavy atom. The largest absolute Gasteiger partial charge is 0.573 e. The topological polar surface area (TPSA) is 152 Å². The van der Waals surface area contributed by atoms with E-state index >= 15 is 0 Å². The first-order chi connectivity index (χ1) is 18.4. The highest BCUT2D eigenvalue weighted by molar-refractivity contribution is 7.88. The van der Waals surface area contributed by atoms with Crippen molar-refractivity contribution in [3.05, 3.63) is 46.1 Å². The molecule has 2 aliphatic rings. The summed E-state index contributed by atoms with van der Waals surface area (Å²) in [7, 11) is -3.21. The van der Waals surface area contributed by atoms with Gasteiger partial charge in [-0.15, -0.1) is 13.2 Å². The van der Waals surface area contributed by atoms with Gasteiger partial charge in [-0.1, -0.05) is 18.2 Å². The van der Waals surface area contributed by atoms with Gasteiger partial charge in [0.15, 0.2) is 0 Å². The van der Waals surface area contributed by atoms with Gasteiger partial charge in [-0.25, -0.2) is 18.1 Å². The van der Waals surface area contributed by atoms with Crippen molar-refractivity contribution in [2.75, 3.05) is 36.5 Å². The summed E-state index contributed by atoms with van der Waals surface area (Å²) in [6.07, 6.45) is 1.05. The van der Waals surface area contributed by atoms with Crippen LogP contribution in [-0.2, 0) is 16.6 Å². The zero-order chi connectivity index (χ0) is 28.2. The lowest BCUT2D eigenvalue weighted by Gasteiger charge is -2.46. The number of alkyl halides is 3. The molecular weight excluding hydrogens is 543 g/mol. The average Bonchev–Trinajstić information content (AvgIpc) is 2.83. The van der Waals surface area contributed by atoms with Crippen LogP contribution in [0.5, 0.6) is 5.75 Å². The van der Waals surface area contributed by atoms with E-state index in [2.05, 4.69) is 35.0 Å². The van der Waals surface area contributed by atoms with Gasteiger partial charge in [0.2, 0.25) is 21.8 Å². The number of nitro groups is 1. The third-order valence-corrected chi connectivity index (χ3v) is 7.54. The number of nitrogens with one attached hydrogen (secondary N) is 3. The fourth-order valence-electron chi connectivity index (χ4n) is 4.92. The number of hydrogen-bond acceptors (Lipinski definition) is 10. The quantitative estimate of drug-likeness (QED) is 0.270. The number of benzene rings is 1. The molecule has 1 aromatic carbocycles. The molecule has 39 heavy (non-hydrogen) atoms. The van der Waals surface area contributed by atoms with E-state index in [9.17, 15) is 31.7 Å². The number of sulfonamides is 1. The highest BCUT2D eigenvalue weighted by Gasteiger charge is 2.36. The molecule has 1 saturated heterocycles. The van der Waals surface area contributed by atoms with Gasteiger partial charge < -0.3 is 15.4 Å². The molecule has 2 aromatic rings. The van der Waals surface area contributed by atoms with Crippen molar-refractivity contribution in [2.45, 2.75) is 50.7 Å². The lowest BCUT2D eigenvalue weighted by molar-refractivity contribution is -0.384. The number of likely N-dealkylation sites (tertiary alicyclic amines) is 1. The van der Waals surface area contributed by atoms with E-state index in [0.717, 1.165) is 38.1 Å². The Hall–Kier alpha value is -3.24. The molecule has 0 amide bonds. The molecule has 1 aromatic heterocycles. The van der Waals surface area contributed by atoms with E-state index in [1.165, 1.54) is 18.2 Å². The third-order valence-electron chi connectivity index (χ3n) is 6.78. The van der Waals surface area contributed by atoms with E-state index in [0.29, 0.717) is 25.7 Å². The van der Waals surface area contributed by atoms with Crippen molar-refractivity contribution in [2.24, 2.45) is 5.92 Å². The minimum Gasteiger partial charge on any atom is -0.405 e. The van der Waals surface area contributed by atoms with Crippen molar-refractivity contribution >= 4 is 27.5 Å². The minimum atomic E-state index is -4.84. The fraction of sp³-hybridized carbons (Fsp3) is 0.565. The van der Waals surface area contributed by atoms with Crippen LogP contribution in [0.1, 0.15) is 31.2 Å². The summed E-state index contributed by atoms with van der Waals surface area (Å²) < 4.78 is 67.4. The molecule has 3 N–H and O–H groups in total. The van der Waals surface area contributed by atoms with Gasteiger partial charge in [-0.2, -0.15) is 4.98 Å². The Morgan fingerprint density at radius 1 is 1.15 bits per heavy atom. The number of nitrogens with zero attached hydrogens (tertiary/aromatic N) is 4. The van der Waals surface area contributed by atoms with Gasteiger partial charge in [0.05, 0.1) is 11.2 Å². The van der Waals surface area contributed by atoms with Gasteiger partial charge in [-0.05, 0) is 37.7 Å². The Labute approximate surface area is 223 Å². The molecule has 0 atom stereocenters. The normalized spacial score (nSPS) is 20.7. The molecule has 1 aliphatic carbocycles. The van der Waals surface area contributed by atoms with Gasteiger partial charge in [0.1, 0.15) is 11.9 Å². The highest BCUT2D eigenvalue weighted by atomic mass is 32.2. The van der Waals surface area contributed by atoms with Gasteiger partial charge in [0.25, 0.3) is 0 Å². The SMILES string of the molecule is CS(=O)(=O)NC1CN(C2CCC(CNc3nc(NCc4ccccc4OC(F)(F)F)ncc3[N+](=O)[O-])CC2)C1. The molecule has 214 valence electrons. The lowest BCUT2D eigenvalue weighted by Crippen LogP contribution is -2.62. The molecule has 2 heterocycles. The molecule has 2 fully saturated rings. The molecule has 12 nitrogen and oxygen atoms in total. The van der Waals surface area contributed by atoms with Crippen molar-refractivity contribution in [1.82, 2.24) is 19.6 Å². The maximum absolute atomic E-state index is 12.7. The van der Waals surface area contributed by atoms with Crippen LogP contribution < -0.4 is 20.1 Å². The molecule has 0 radical (unpaired) electrons. The highest BCUT2D eigenvalue weighted by Crippen LogP contribution is 2.32. The number of halogens is 3. The standard InChI is InChI=1S/C23H30F3N7O5S/c1-39(36,37)31-17-13-32(14-17)18-8-6-15(7-9-18)10-27-21-19(33(34)35)12-29-22(30-21)28-11-16-4-2-3-5-20(16)38-23(24,25)26/h2-5,12,15,17-18,31H,6-11,13-14H2,1H3,(H2,27,28,29,30). The number of ether oxygens (including phenoxy) is 1. The van der Waals surface area contributed by atoms with Crippen LogP contribution in [-0.4, -0.2) is 72.5 Å². The Bertz CT molecular complexity index is 1270. The van der Waals surface area contributed by atoms with Crippen LogP contribution in [0.15, 0.2) is 30.5 Å². The first-order valence-electron chi connectivity index (χ1n) is 12.4. The number of hydrogen-bond donors (Lipinski definition) is 3. The van der Waals surface area contributed by atoms with Crippen molar-refractivity contribution in [3.8, 4) is 5.75 Å². The number of anilines is 2. The molecule has 1 saturated carbocycles. The second-order valence-corrected chi connectivity index (χ2v) is 11.6.